The topological polar surface area (TPSA) is 138 Å². The number of fused-ring (bicyclic) bond motifs is 4. The molecule has 1 aromatic carbocycles. The second kappa shape index (κ2) is 7.02. The molecule has 2 aliphatic carbocycles. The summed E-state index contributed by atoms with van der Waals surface area (Å²) in [6, 6.07) is 2.22. The van der Waals surface area contributed by atoms with Gasteiger partial charge in [0.15, 0.2) is 21.3 Å². The highest BCUT2D eigenvalue weighted by molar-refractivity contribution is 6.53. The zero-order valence-corrected chi connectivity index (χ0v) is 19.1. The number of carbonyl (C=O) groups is 5. The summed E-state index contributed by atoms with van der Waals surface area (Å²) in [4.78, 5) is 61.2. The Morgan fingerprint density at radius 3 is 2.44 bits per heavy atom. The molecule has 3 N–H and O–H groups in total. The lowest BCUT2D eigenvalue weighted by Crippen LogP contribution is -2.60. The van der Waals surface area contributed by atoms with Crippen LogP contribution in [0, 0.1) is 23.6 Å². The monoisotopic (exact) mass is 509 g/mol. The van der Waals surface area contributed by atoms with Gasteiger partial charge in [-0.15, -0.1) is 23.2 Å². The first kappa shape index (κ1) is 22.8. The Kier molecular flexibility index (Phi) is 4.71. The van der Waals surface area contributed by atoms with Gasteiger partial charge in [-0.1, -0.05) is 17.7 Å². The van der Waals surface area contributed by atoms with Crippen molar-refractivity contribution in [2.24, 2.45) is 23.5 Å². The summed E-state index contributed by atoms with van der Waals surface area (Å²) >= 11 is 13.8. The largest absolute Gasteiger partial charge is 0.505 e. The van der Waals surface area contributed by atoms with E-state index in [1.807, 2.05) is 0 Å². The molecule has 1 saturated carbocycles. The van der Waals surface area contributed by atoms with Gasteiger partial charge < -0.3 is 10.8 Å². The molecule has 0 radical (unpaired) electrons. The number of halogens is 3. The number of likely N-dealkylation sites (tertiary alicyclic amines) is 2. The van der Waals surface area contributed by atoms with Crippen LogP contribution in [0.5, 0.6) is 5.75 Å². The van der Waals surface area contributed by atoms with E-state index in [0.29, 0.717) is 10.5 Å². The van der Waals surface area contributed by atoms with Crippen molar-refractivity contribution in [1.82, 2.24) is 9.80 Å². The van der Waals surface area contributed by atoms with Crippen molar-refractivity contribution in [3.05, 3.63) is 41.2 Å². The molecule has 1 aromatic rings. The summed E-state index contributed by atoms with van der Waals surface area (Å²) in [5.74, 6) is -8.73. The Balaban J connectivity index is 1.74. The first-order valence-corrected chi connectivity index (χ1v) is 11.2. The van der Waals surface area contributed by atoms with Crippen LogP contribution < -0.4 is 5.73 Å². The van der Waals surface area contributed by atoms with E-state index in [-0.39, 0.29) is 18.4 Å². The van der Waals surface area contributed by atoms with Gasteiger partial charge in [0.25, 0.3) is 11.8 Å². The number of imide groups is 4. The van der Waals surface area contributed by atoms with Crippen molar-refractivity contribution < 1.29 is 33.5 Å². The number of rotatable bonds is 1. The van der Waals surface area contributed by atoms with Crippen molar-refractivity contribution >= 4 is 52.9 Å². The number of nitrogens with zero attached hydrogens (tertiary/aromatic N) is 2. The van der Waals surface area contributed by atoms with Gasteiger partial charge in [-0.3, -0.25) is 24.1 Å². The lowest BCUT2D eigenvalue weighted by Gasteiger charge is -2.50. The number of amides is 6. The molecule has 4 aliphatic rings. The van der Waals surface area contributed by atoms with Crippen LogP contribution in [-0.2, 0) is 19.2 Å². The number of nitrogens with two attached hydrogens (primary N) is 1. The number of urea groups is 1. The third-order valence-corrected chi connectivity index (χ3v) is 8.95. The van der Waals surface area contributed by atoms with E-state index in [4.69, 9.17) is 28.9 Å². The van der Waals surface area contributed by atoms with Crippen LogP contribution in [0.2, 0.25) is 0 Å². The molecule has 2 saturated heterocycles. The second-order valence-electron chi connectivity index (χ2n) is 9.06. The molecule has 0 spiro atoms. The highest BCUT2D eigenvalue weighted by Crippen LogP contribution is 2.65. The number of primary amides is 1. The van der Waals surface area contributed by atoms with E-state index in [1.54, 1.807) is 6.08 Å². The number of phenols is 1. The van der Waals surface area contributed by atoms with Crippen molar-refractivity contribution in [1.29, 1.82) is 0 Å². The van der Waals surface area contributed by atoms with Gasteiger partial charge in [0.1, 0.15) is 0 Å². The summed E-state index contributed by atoms with van der Waals surface area (Å²) < 4.78 is 14.4. The minimum absolute atomic E-state index is 0.0438. The van der Waals surface area contributed by atoms with E-state index in [2.05, 4.69) is 0 Å². The fourth-order valence-corrected chi connectivity index (χ4v) is 7.06. The number of carbonyl (C=O) groups excluding carboxylic acids is 5. The van der Waals surface area contributed by atoms with Crippen molar-refractivity contribution in [3.63, 3.8) is 0 Å². The molecule has 12 heteroatoms. The lowest BCUT2D eigenvalue weighted by atomic mass is 9.56. The third kappa shape index (κ3) is 2.52. The summed E-state index contributed by atoms with van der Waals surface area (Å²) in [5.41, 5.74) is 5.84. The summed E-state index contributed by atoms with van der Waals surface area (Å²) in [6.07, 6.45) is 1.42. The van der Waals surface area contributed by atoms with E-state index >= 15 is 0 Å². The Labute approximate surface area is 202 Å². The molecule has 0 aromatic heterocycles. The van der Waals surface area contributed by atoms with Crippen LogP contribution in [-0.4, -0.2) is 61.4 Å². The zero-order valence-electron chi connectivity index (χ0n) is 17.6. The van der Waals surface area contributed by atoms with Crippen LogP contribution in [0.15, 0.2) is 29.8 Å². The van der Waals surface area contributed by atoms with Crippen molar-refractivity contribution in [2.45, 2.75) is 28.5 Å². The first-order chi connectivity index (χ1) is 15.9. The van der Waals surface area contributed by atoms with Gasteiger partial charge in [0.05, 0.1) is 11.8 Å². The Bertz CT molecular complexity index is 1250. The second-order valence-corrected chi connectivity index (χ2v) is 10.3. The van der Waals surface area contributed by atoms with Gasteiger partial charge in [-0.05, 0) is 36.5 Å². The minimum atomic E-state index is -2.06. The van der Waals surface area contributed by atoms with Crippen molar-refractivity contribution in [2.75, 3.05) is 7.05 Å². The number of phenolic OH excluding ortho intramolecular Hbond substituents is 1. The SMILES string of the molecule is CN1C(=O)[C@]2(Cl)C[C@@H]3C(=CC[C@@H]4C(=O)N(C(N)=O)C(=O)[C@@H]43)[C@H](c3ccc(O)c(F)c3)[C@]2(Cl)C1=O. The highest BCUT2D eigenvalue weighted by atomic mass is 35.5. The van der Waals surface area contributed by atoms with Gasteiger partial charge in [0, 0.05) is 13.0 Å². The molecule has 34 heavy (non-hydrogen) atoms. The highest BCUT2D eigenvalue weighted by Gasteiger charge is 2.76. The molecule has 0 bridgehead atoms. The molecule has 2 heterocycles. The predicted octanol–water partition coefficient (Wildman–Crippen LogP) is 1.60. The zero-order chi connectivity index (χ0) is 24.9. The molecular formula is C22H18Cl2FN3O6. The Morgan fingerprint density at radius 1 is 1.15 bits per heavy atom. The third-order valence-electron chi connectivity index (χ3n) is 7.54. The van der Waals surface area contributed by atoms with Crippen LogP contribution in [0.4, 0.5) is 9.18 Å². The molecule has 2 aliphatic heterocycles. The molecule has 5 rings (SSSR count). The van der Waals surface area contributed by atoms with E-state index in [9.17, 15) is 33.5 Å². The van der Waals surface area contributed by atoms with Crippen LogP contribution in [0.3, 0.4) is 0 Å². The van der Waals surface area contributed by atoms with E-state index in [1.165, 1.54) is 13.1 Å². The number of benzene rings is 1. The minimum Gasteiger partial charge on any atom is -0.505 e. The smallest absolute Gasteiger partial charge is 0.328 e. The predicted molar refractivity (Wildman–Crippen MR) is 115 cm³/mol. The van der Waals surface area contributed by atoms with Crippen molar-refractivity contribution in [3.8, 4) is 5.75 Å². The maximum Gasteiger partial charge on any atom is 0.328 e. The summed E-state index contributed by atoms with van der Waals surface area (Å²) in [7, 11) is 1.23. The normalized spacial score (nSPS) is 36.9. The van der Waals surface area contributed by atoms with E-state index in [0.717, 1.165) is 17.0 Å². The van der Waals surface area contributed by atoms with Crippen LogP contribution >= 0.6 is 23.2 Å². The fraction of sp³-hybridized carbons (Fsp3) is 0.409. The average molecular weight is 510 g/mol. The molecular weight excluding hydrogens is 492 g/mol. The standard InChI is InChI=1S/C22H18Cl2FN3O6/c1-27-18(32)21(23)7-11-9(3-4-10-14(11)17(31)28(16(10)30)20(26)34)15(22(21,24)19(27)33)8-2-5-13(29)12(25)6-8/h2-3,5-6,10-11,14-15,29H,4,7H2,1H3,(H2,26,34)/t10-,11+,14-,15-,21+,22-/m0/s1. The molecule has 3 fully saturated rings. The Morgan fingerprint density at radius 2 is 1.82 bits per heavy atom. The molecule has 6 amide bonds. The molecule has 0 unspecified atom stereocenters. The quantitative estimate of drug-likeness (QED) is 0.335. The van der Waals surface area contributed by atoms with Crippen LogP contribution in [0.1, 0.15) is 24.3 Å². The lowest BCUT2D eigenvalue weighted by molar-refractivity contribution is -0.139. The maximum atomic E-state index is 14.4. The van der Waals surface area contributed by atoms with Gasteiger partial charge in [0.2, 0.25) is 11.8 Å². The number of hydrogen-bond acceptors (Lipinski definition) is 6. The average Bonchev–Trinajstić information content (AvgIpc) is 3.11. The molecule has 178 valence electrons. The number of allylic oxidation sites excluding steroid dienone is 2. The summed E-state index contributed by atoms with van der Waals surface area (Å²) in [5, 5.41) is 9.67. The number of alkyl halides is 2. The Hall–Kier alpha value is -2.98. The number of aromatic hydroxyl groups is 1. The van der Waals surface area contributed by atoms with Crippen LogP contribution in [0.25, 0.3) is 0 Å². The summed E-state index contributed by atoms with van der Waals surface area (Å²) in [6.45, 7) is 0. The molecule has 6 atom stereocenters. The van der Waals surface area contributed by atoms with Gasteiger partial charge in [-0.25, -0.2) is 9.18 Å². The molecule has 9 nitrogen and oxygen atoms in total. The fourth-order valence-electron chi connectivity index (χ4n) is 6.04. The first-order valence-electron chi connectivity index (χ1n) is 10.4. The van der Waals surface area contributed by atoms with Gasteiger partial charge in [-0.2, -0.15) is 4.90 Å². The number of hydrogen-bond donors (Lipinski definition) is 2. The van der Waals surface area contributed by atoms with Gasteiger partial charge >= 0.3 is 6.03 Å². The maximum absolute atomic E-state index is 14.4. The van der Waals surface area contributed by atoms with E-state index < -0.39 is 74.6 Å².